The number of nitrogens with zero attached hydrogens (tertiary/aromatic N) is 2. The van der Waals surface area contributed by atoms with Crippen molar-refractivity contribution in [3.63, 3.8) is 0 Å². The van der Waals surface area contributed by atoms with Crippen LogP contribution < -0.4 is 11.1 Å². The zero-order valence-corrected chi connectivity index (χ0v) is 14.8. The lowest BCUT2D eigenvalue weighted by molar-refractivity contribution is 0.0895. The molecule has 0 radical (unpaired) electrons. The van der Waals surface area contributed by atoms with Gasteiger partial charge in [-0.2, -0.15) is 5.10 Å². The van der Waals surface area contributed by atoms with Gasteiger partial charge in [-0.05, 0) is 43.5 Å². The molecular weight excluding hydrogens is 347 g/mol. The molecule has 0 aliphatic heterocycles. The minimum atomic E-state index is -0.446. The zero-order valence-electron chi connectivity index (χ0n) is 14.0. The molecule has 8 heteroatoms. The van der Waals surface area contributed by atoms with Crippen LogP contribution in [0.15, 0.2) is 24.4 Å². The van der Waals surface area contributed by atoms with Crippen LogP contribution in [0.1, 0.15) is 41.7 Å². The van der Waals surface area contributed by atoms with E-state index in [0.29, 0.717) is 17.8 Å². The number of benzene rings is 1. The van der Waals surface area contributed by atoms with E-state index in [-0.39, 0.29) is 29.7 Å². The van der Waals surface area contributed by atoms with Crippen molar-refractivity contribution >= 4 is 18.3 Å². The molecule has 25 heavy (non-hydrogen) atoms. The molecule has 1 amide bonds. The van der Waals surface area contributed by atoms with Gasteiger partial charge >= 0.3 is 0 Å². The maximum absolute atomic E-state index is 13.2. The highest BCUT2D eigenvalue weighted by Gasteiger charge is 2.35. The maximum atomic E-state index is 13.2. The fourth-order valence-electron chi connectivity index (χ4n) is 3.26. The van der Waals surface area contributed by atoms with E-state index in [4.69, 9.17) is 5.73 Å². The van der Waals surface area contributed by atoms with Crippen LogP contribution in [0.3, 0.4) is 0 Å². The number of aryl methyl sites for hydroxylation is 1. The summed E-state index contributed by atoms with van der Waals surface area (Å²) in [5, 5.41) is 17.2. The first-order valence-corrected chi connectivity index (χ1v) is 8.02. The summed E-state index contributed by atoms with van der Waals surface area (Å²) in [4.78, 5) is 12.5. The molecule has 1 aromatic heterocycles. The second kappa shape index (κ2) is 7.41. The third kappa shape index (κ3) is 3.77. The number of aromatic hydroxyl groups is 1. The lowest BCUT2D eigenvalue weighted by atomic mass is 9.97. The molecule has 1 saturated carbocycles. The Labute approximate surface area is 151 Å². The van der Waals surface area contributed by atoms with Crippen molar-refractivity contribution < 1.29 is 14.3 Å². The normalized spacial score (nSPS) is 15.6. The molecule has 0 spiro atoms. The van der Waals surface area contributed by atoms with Crippen LogP contribution in [0.4, 0.5) is 4.39 Å². The van der Waals surface area contributed by atoms with Crippen molar-refractivity contribution in [2.45, 2.75) is 38.1 Å². The highest BCUT2D eigenvalue weighted by atomic mass is 35.5. The Kier molecular flexibility index (Phi) is 5.69. The van der Waals surface area contributed by atoms with Gasteiger partial charge in [0.05, 0.1) is 17.4 Å². The zero-order chi connectivity index (χ0) is 17.3. The molecule has 1 fully saturated rings. The van der Waals surface area contributed by atoms with Crippen LogP contribution in [0.5, 0.6) is 5.75 Å². The summed E-state index contributed by atoms with van der Waals surface area (Å²) >= 11 is 0. The molecule has 0 unspecified atom stereocenters. The molecule has 1 aliphatic rings. The van der Waals surface area contributed by atoms with E-state index in [2.05, 4.69) is 10.4 Å². The summed E-state index contributed by atoms with van der Waals surface area (Å²) in [6.07, 6.45) is 5.04. The molecular formula is C17H22ClFN4O2. The van der Waals surface area contributed by atoms with Crippen molar-refractivity contribution in [3.05, 3.63) is 41.5 Å². The Bertz CT molecular complexity index is 772. The number of nitrogens with one attached hydrogen (secondary N) is 1. The molecule has 0 saturated heterocycles. The van der Waals surface area contributed by atoms with E-state index in [1.807, 2.05) is 0 Å². The van der Waals surface area contributed by atoms with Crippen LogP contribution in [-0.4, -0.2) is 32.9 Å². The fraction of sp³-hybridized carbons (Fsp3) is 0.412. The van der Waals surface area contributed by atoms with Crippen LogP contribution >= 0.6 is 12.4 Å². The Balaban J connectivity index is 0.00000225. The minimum absolute atomic E-state index is 0. The van der Waals surface area contributed by atoms with Gasteiger partial charge in [0.2, 0.25) is 0 Å². The highest BCUT2D eigenvalue weighted by molar-refractivity contribution is 5.95. The van der Waals surface area contributed by atoms with E-state index in [9.17, 15) is 14.3 Å². The highest BCUT2D eigenvalue weighted by Crippen LogP contribution is 2.29. The van der Waals surface area contributed by atoms with Gasteiger partial charge in [0, 0.05) is 6.54 Å². The first-order chi connectivity index (χ1) is 11.4. The summed E-state index contributed by atoms with van der Waals surface area (Å²) in [5.41, 5.74) is 6.60. The molecule has 6 nitrogen and oxygen atoms in total. The van der Waals surface area contributed by atoms with Gasteiger partial charge < -0.3 is 16.2 Å². The topological polar surface area (TPSA) is 93.2 Å². The first-order valence-electron chi connectivity index (χ1n) is 8.02. The largest absolute Gasteiger partial charge is 0.504 e. The molecule has 0 atom stereocenters. The molecule has 1 heterocycles. The number of amides is 1. The van der Waals surface area contributed by atoms with Crippen LogP contribution in [0.2, 0.25) is 0 Å². The van der Waals surface area contributed by atoms with Gasteiger partial charge in [0.15, 0.2) is 11.4 Å². The lowest BCUT2D eigenvalue weighted by Gasteiger charge is -2.28. The van der Waals surface area contributed by atoms with Crippen molar-refractivity contribution in [2.75, 3.05) is 6.54 Å². The fourth-order valence-corrected chi connectivity index (χ4v) is 3.26. The summed E-state index contributed by atoms with van der Waals surface area (Å²) in [7, 11) is 0. The van der Waals surface area contributed by atoms with Crippen LogP contribution in [0.25, 0.3) is 5.69 Å². The van der Waals surface area contributed by atoms with E-state index in [1.54, 1.807) is 13.0 Å². The van der Waals surface area contributed by atoms with Gasteiger partial charge in [-0.1, -0.05) is 12.8 Å². The Morgan fingerprint density at radius 2 is 2.12 bits per heavy atom. The Hall–Kier alpha value is -2.12. The summed E-state index contributed by atoms with van der Waals surface area (Å²) < 4.78 is 14.6. The van der Waals surface area contributed by atoms with E-state index < -0.39 is 11.4 Å². The quantitative estimate of drug-likeness (QED) is 0.772. The van der Waals surface area contributed by atoms with Gasteiger partial charge in [0.25, 0.3) is 5.91 Å². The molecule has 1 aliphatic carbocycles. The predicted molar refractivity (Wildman–Crippen MR) is 94.9 cm³/mol. The van der Waals surface area contributed by atoms with Gasteiger partial charge in [-0.3, -0.25) is 4.79 Å². The average Bonchev–Trinajstić information content (AvgIpc) is 3.14. The standard InChI is InChI=1S/C17H21FN4O2.ClH/c1-11-8-12(18)4-5-13(11)22-9-14(23)15(21-22)16(24)20-17(10-19)6-2-3-7-17;/h4-5,8-9,23H,2-3,6-7,10,19H2,1H3,(H,20,24);1H. The molecule has 4 N–H and O–H groups in total. The number of hydrogen-bond donors (Lipinski definition) is 3. The number of halogens is 2. The van der Waals surface area contributed by atoms with Crippen LogP contribution in [-0.2, 0) is 0 Å². The number of nitrogens with two attached hydrogens (primary N) is 1. The maximum Gasteiger partial charge on any atom is 0.276 e. The number of carbonyl (C=O) groups excluding carboxylic acids is 1. The summed E-state index contributed by atoms with van der Waals surface area (Å²) in [6.45, 7) is 2.09. The third-order valence-electron chi connectivity index (χ3n) is 4.65. The van der Waals surface area contributed by atoms with Crippen LogP contribution in [0, 0.1) is 12.7 Å². The molecule has 2 aromatic rings. The van der Waals surface area contributed by atoms with Crippen molar-refractivity contribution in [1.29, 1.82) is 0 Å². The average molecular weight is 369 g/mol. The van der Waals surface area contributed by atoms with Gasteiger partial charge in [-0.15, -0.1) is 12.4 Å². The second-order valence-electron chi connectivity index (χ2n) is 6.38. The Morgan fingerprint density at radius 1 is 1.44 bits per heavy atom. The molecule has 3 rings (SSSR count). The van der Waals surface area contributed by atoms with E-state index >= 15 is 0 Å². The smallest absolute Gasteiger partial charge is 0.276 e. The third-order valence-corrected chi connectivity index (χ3v) is 4.65. The summed E-state index contributed by atoms with van der Waals surface area (Å²) in [5.74, 6) is -1.02. The van der Waals surface area contributed by atoms with Crippen molar-refractivity contribution in [2.24, 2.45) is 5.73 Å². The number of rotatable bonds is 4. The summed E-state index contributed by atoms with van der Waals surface area (Å²) in [6, 6.07) is 4.23. The van der Waals surface area contributed by atoms with Crippen molar-refractivity contribution in [1.82, 2.24) is 15.1 Å². The molecule has 136 valence electrons. The SMILES string of the molecule is Cc1cc(F)ccc1-n1cc(O)c(C(=O)NC2(CN)CCCC2)n1.Cl. The van der Waals surface area contributed by atoms with Crippen molar-refractivity contribution in [3.8, 4) is 11.4 Å². The molecule has 1 aromatic carbocycles. The van der Waals surface area contributed by atoms with E-state index in [0.717, 1.165) is 25.7 Å². The van der Waals surface area contributed by atoms with Gasteiger partial charge in [0.1, 0.15) is 5.82 Å². The second-order valence-corrected chi connectivity index (χ2v) is 6.38. The predicted octanol–water partition coefficient (Wildman–Crippen LogP) is 2.45. The molecule has 0 bridgehead atoms. The number of aromatic nitrogens is 2. The number of carbonyl (C=O) groups is 1. The monoisotopic (exact) mass is 368 g/mol. The number of hydrogen-bond acceptors (Lipinski definition) is 4. The minimum Gasteiger partial charge on any atom is -0.504 e. The first kappa shape index (κ1) is 19.2. The van der Waals surface area contributed by atoms with E-state index in [1.165, 1.54) is 23.0 Å². The van der Waals surface area contributed by atoms with Gasteiger partial charge in [-0.25, -0.2) is 9.07 Å². The lowest BCUT2D eigenvalue weighted by Crippen LogP contribution is -2.51. The Morgan fingerprint density at radius 3 is 2.72 bits per heavy atom.